The molecule has 0 N–H and O–H groups in total. The molecule has 6 heteroatoms. The molecule has 2 saturated heterocycles. The minimum Gasteiger partial charge on any atom is -0.494 e. The molecule has 5 rings (SSSR count). The van der Waals surface area contributed by atoms with Gasteiger partial charge in [0.1, 0.15) is 11.9 Å². The molecule has 0 radical (unpaired) electrons. The Hall–Kier alpha value is -2.73. The lowest BCUT2D eigenvalue weighted by Crippen LogP contribution is -2.43. The van der Waals surface area contributed by atoms with Gasteiger partial charge in [-0.15, -0.1) is 0 Å². The van der Waals surface area contributed by atoms with E-state index in [2.05, 4.69) is 18.9 Å². The Morgan fingerprint density at radius 3 is 2.56 bits per heavy atom. The van der Waals surface area contributed by atoms with Crippen LogP contribution < -0.4 is 19.1 Å². The van der Waals surface area contributed by atoms with E-state index in [4.69, 9.17) is 14.2 Å². The average Bonchev–Trinajstić information content (AvgIpc) is 3.05. The lowest BCUT2D eigenvalue weighted by Gasteiger charge is -2.36. The molecule has 1 amide bonds. The number of nitrogens with zero attached hydrogens (tertiary/aromatic N) is 2. The van der Waals surface area contributed by atoms with Gasteiger partial charge in [-0.2, -0.15) is 0 Å². The predicted octanol–water partition coefficient (Wildman–Crippen LogP) is 5.08. The molecule has 0 saturated carbocycles. The quantitative estimate of drug-likeness (QED) is 0.510. The molecule has 3 aliphatic rings. The van der Waals surface area contributed by atoms with Crippen molar-refractivity contribution < 1.29 is 19.0 Å². The van der Waals surface area contributed by atoms with Gasteiger partial charge in [0.2, 0.25) is 0 Å². The molecule has 3 heterocycles. The van der Waals surface area contributed by atoms with E-state index in [1.165, 1.54) is 12.8 Å². The van der Waals surface area contributed by atoms with Crippen LogP contribution in [0.25, 0.3) is 0 Å². The first-order valence-corrected chi connectivity index (χ1v) is 12.7. The summed E-state index contributed by atoms with van der Waals surface area (Å²) in [5, 5.41) is 0. The van der Waals surface area contributed by atoms with Crippen LogP contribution in [0, 0.1) is 0 Å². The van der Waals surface area contributed by atoms with Crippen molar-refractivity contribution in [2.24, 2.45) is 0 Å². The average molecular weight is 465 g/mol. The highest BCUT2D eigenvalue weighted by molar-refractivity contribution is 6.08. The number of amides is 1. The lowest BCUT2D eigenvalue weighted by molar-refractivity contribution is 0.0643. The molecule has 0 aromatic heterocycles. The van der Waals surface area contributed by atoms with Crippen molar-refractivity contribution in [3.8, 4) is 17.2 Å². The van der Waals surface area contributed by atoms with Crippen LogP contribution in [0.1, 0.15) is 61.4 Å². The lowest BCUT2D eigenvalue weighted by atomic mass is 9.98. The summed E-state index contributed by atoms with van der Waals surface area (Å²) >= 11 is 0. The normalized spacial score (nSPS) is 24.1. The summed E-state index contributed by atoms with van der Waals surface area (Å²) in [5.74, 6) is 2.31. The number of fused-ring (bicyclic) bond motifs is 3. The number of carbonyl (C=O) groups is 1. The summed E-state index contributed by atoms with van der Waals surface area (Å²) in [4.78, 5) is 17.7. The molecular formula is C28H36N2O4. The molecule has 2 bridgehead atoms. The first-order valence-electron chi connectivity index (χ1n) is 12.7. The largest absolute Gasteiger partial charge is 0.494 e. The Balaban J connectivity index is 1.29. The molecular weight excluding hydrogens is 428 g/mol. The topological polar surface area (TPSA) is 51.2 Å². The fourth-order valence-corrected chi connectivity index (χ4v) is 5.69. The van der Waals surface area contributed by atoms with Crippen LogP contribution in [0.2, 0.25) is 0 Å². The first-order chi connectivity index (χ1) is 16.6. The fourth-order valence-electron chi connectivity index (χ4n) is 5.69. The molecule has 2 atom stereocenters. The predicted molar refractivity (Wildman–Crippen MR) is 133 cm³/mol. The molecule has 2 fully saturated rings. The Labute approximate surface area is 202 Å². The number of methoxy groups -OCH3 is 1. The summed E-state index contributed by atoms with van der Waals surface area (Å²) < 4.78 is 17.9. The summed E-state index contributed by atoms with van der Waals surface area (Å²) in [6, 6.07) is 12.9. The Kier molecular flexibility index (Phi) is 6.68. The van der Waals surface area contributed by atoms with Crippen molar-refractivity contribution in [1.82, 2.24) is 4.90 Å². The molecule has 34 heavy (non-hydrogen) atoms. The van der Waals surface area contributed by atoms with E-state index in [-0.39, 0.29) is 12.0 Å². The van der Waals surface area contributed by atoms with Gasteiger partial charge in [0.25, 0.3) is 5.91 Å². The SMILES string of the molecule is CCCCOc1ccc2c(c1)CCN(c1ccc(OC3CC4CCC(C3)N4C)c(OC)c1)C2=O. The molecule has 0 spiro atoms. The number of benzene rings is 2. The molecule has 3 aliphatic heterocycles. The summed E-state index contributed by atoms with van der Waals surface area (Å²) in [6.45, 7) is 3.49. The number of rotatable bonds is 8. The molecule has 2 aromatic rings. The van der Waals surface area contributed by atoms with Crippen LogP contribution >= 0.6 is 0 Å². The first kappa shape index (κ1) is 23.0. The zero-order chi connectivity index (χ0) is 23.7. The van der Waals surface area contributed by atoms with E-state index in [0.29, 0.717) is 31.0 Å². The van der Waals surface area contributed by atoms with Crippen LogP contribution in [0.4, 0.5) is 5.69 Å². The van der Waals surface area contributed by atoms with Crippen LogP contribution in [-0.4, -0.2) is 56.3 Å². The van der Waals surface area contributed by atoms with Crippen LogP contribution in [0.15, 0.2) is 36.4 Å². The third kappa shape index (κ3) is 4.48. The summed E-state index contributed by atoms with van der Waals surface area (Å²) in [5.41, 5.74) is 2.64. The third-order valence-electron chi connectivity index (χ3n) is 7.73. The molecule has 182 valence electrons. The van der Waals surface area contributed by atoms with Gasteiger partial charge in [-0.3, -0.25) is 4.79 Å². The van der Waals surface area contributed by atoms with Crippen molar-refractivity contribution >= 4 is 11.6 Å². The number of ether oxygens (including phenoxy) is 3. The number of hydrogen-bond donors (Lipinski definition) is 0. The van der Waals surface area contributed by atoms with Gasteiger partial charge in [0, 0.05) is 35.9 Å². The zero-order valence-corrected chi connectivity index (χ0v) is 20.6. The number of anilines is 1. The number of unbranched alkanes of at least 4 members (excludes halogenated alkanes) is 1. The number of piperidine rings is 1. The van der Waals surface area contributed by atoms with Gasteiger partial charge < -0.3 is 24.0 Å². The van der Waals surface area contributed by atoms with E-state index in [1.807, 2.05) is 41.3 Å². The van der Waals surface area contributed by atoms with Gasteiger partial charge in [0.05, 0.1) is 13.7 Å². The van der Waals surface area contributed by atoms with Crippen LogP contribution in [0.3, 0.4) is 0 Å². The maximum atomic E-state index is 13.3. The Morgan fingerprint density at radius 2 is 1.82 bits per heavy atom. The molecule has 2 aromatic carbocycles. The zero-order valence-electron chi connectivity index (χ0n) is 20.6. The van der Waals surface area contributed by atoms with Crippen molar-refractivity contribution in [1.29, 1.82) is 0 Å². The van der Waals surface area contributed by atoms with E-state index in [9.17, 15) is 4.79 Å². The summed E-state index contributed by atoms with van der Waals surface area (Å²) in [7, 11) is 3.90. The third-order valence-corrected chi connectivity index (χ3v) is 7.73. The van der Waals surface area contributed by atoms with Gasteiger partial charge in [-0.05, 0) is 81.5 Å². The number of hydrogen-bond acceptors (Lipinski definition) is 5. The summed E-state index contributed by atoms with van der Waals surface area (Å²) in [6.07, 6.45) is 7.79. The van der Waals surface area contributed by atoms with Gasteiger partial charge >= 0.3 is 0 Å². The molecule has 2 unspecified atom stereocenters. The van der Waals surface area contributed by atoms with Crippen molar-refractivity contribution in [3.63, 3.8) is 0 Å². The highest BCUT2D eigenvalue weighted by atomic mass is 16.5. The smallest absolute Gasteiger partial charge is 0.258 e. The van der Waals surface area contributed by atoms with E-state index < -0.39 is 0 Å². The Morgan fingerprint density at radius 1 is 1.03 bits per heavy atom. The van der Waals surface area contributed by atoms with Crippen molar-refractivity contribution in [3.05, 3.63) is 47.5 Å². The van der Waals surface area contributed by atoms with Crippen molar-refractivity contribution in [2.75, 3.05) is 32.2 Å². The number of carbonyl (C=O) groups excluding carboxylic acids is 1. The second-order valence-electron chi connectivity index (χ2n) is 9.82. The monoisotopic (exact) mass is 464 g/mol. The fraction of sp³-hybridized carbons (Fsp3) is 0.536. The minimum atomic E-state index is 0.0176. The van der Waals surface area contributed by atoms with E-state index in [0.717, 1.165) is 60.4 Å². The second kappa shape index (κ2) is 9.87. The van der Waals surface area contributed by atoms with Gasteiger partial charge in [0.15, 0.2) is 11.5 Å². The van der Waals surface area contributed by atoms with Crippen LogP contribution in [0.5, 0.6) is 17.2 Å². The van der Waals surface area contributed by atoms with Crippen molar-refractivity contribution in [2.45, 2.75) is 70.1 Å². The van der Waals surface area contributed by atoms with E-state index in [1.54, 1.807) is 7.11 Å². The standard InChI is InChI=1S/C28H36N2O4/c1-4-5-14-33-23-9-10-25-19(15-23)12-13-30(28(25)31)22-8-11-26(27(18-22)32-3)34-24-16-20-6-7-21(17-24)29(20)2/h8-11,15,18,20-21,24H,4-7,12-14,16-17H2,1-3H3. The van der Waals surface area contributed by atoms with E-state index >= 15 is 0 Å². The van der Waals surface area contributed by atoms with Gasteiger partial charge in [-0.25, -0.2) is 0 Å². The molecule has 0 aliphatic carbocycles. The maximum absolute atomic E-state index is 13.3. The van der Waals surface area contributed by atoms with Gasteiger partial charge in [-0.1, -0.05) is 13.3 Å². The highest BCUT2D eigenvalue weighted by Crippen LogP contribution is 2.39. The highest BCUT2D eigenvalue weighted by Gasteiger charge is 2.39. The maximum Gasteiger partial charge on any atom is 0.258 e. The minimum absolute atomic E-state index is 0.0176. The van der Waals surface area contributed by atoms with Crippen LogP contribution in [-0.2, 0) is 6.42 Å². The Bertz CT molecular complexity index is 1030. The second-order valence-corrected chi connectivity index (χ2v) is 9.82. The molecule has 6 nitrogen and oxygen atoms in total.